The molecule has 0 aliphatic heterocycles. The Morgan fingerprint density at radius 2 is 2.08 bits per heavy atom. The van der Waals surface area contributed by atoms with Gasteiger partial charge in [0.05, 0.1) is 5.92 Å². The third kappa shape index (κ3) is 0.755. The second kappa shape index (κ2) is 1.98. The zero-order valence-corrected chi connectivity index (χ0v) is 7.76. The summed E-state index contributed by atoms with van der Waals surface area (Å²) in [5.41, 5.74) is 0.254. The summed E-state index contributed by atoms with van der Waals surface area (Å²) in [6.07, 6.45) is 0.641. The molecule has 0 aromatic rings. The molecule has 2 nitrogen and oxygen atoms in total. The Balaban J connectivity index is 2.24. The van der Waals surface area contributed by atoms with E-state index >= 15 is 0 Å². The molecular formula is C10H14O2. The molecule has 0 aromatic heterocycles. The first-order chi connectivity index (χ1) is 5.46. The Kier molecular flexibility index (Phi) is 1.31. The summed E-state index contributed by atoms with van der Waals surface area (Å²) in [4.78, 5) is 22.5. The lowest BCUT2D eigenvalue weighted by molar-refractivity contribution is -0.131. The quantitative estimate of drug-likeness (QED) is 0.552. The van der Waals surface area contributed by atoms with E-state index in [1.54, 1.807) is 6.92 Å². The van der Waals surface area contributed by atoms with Crippen LogP contribution in [0.5, 0.6) is 0 Å². The normalized spacial score (nSPS) is 42.6. The molecule has 2 rings (SSSR count). The minimum Gasteiger partial charge on any atom is -0.299 e. The maximum Gasteiger partial charge on any atom is 0.143 e. The maximum atomic E-state index is 11.3. The Bertz CT molecular complexity index is 265. The fraction of sp³-hybridized carbons (Fsp3) is 0.800. The number of rotatable bonds is 1. The van der Waals surface area contributed by atoms with Gasteiger partial charge in [-0.05, 0) is 24.2 Å². The second-order valence-corrected chi connectivity index (χ2v) is 4.71. The summed E-state index contributed by atoms with van der Waals surface area (Å²) in [7, 11) is 0. The van der Waals surface area contributed by atoms with Crippen LogP contribution in [0.25, 0.3) is 0 Å². The van der Waals surface area contributed by atoms with Gasteiger partial charge in [0.25, 0.3) is 0 Å². The van der Waals surface area contributed by atoms with Gasteiger partial charge in [0.1, 0.15) is 11.6 Å². The van der Waals surface area contributed by atoms with E-state index in [0.717, 1.165) is 0 Å². The van der Waals surface area contributed by atoms with E-state index in [9.17, 15) is 9.59 Å². The monoisotopic (exact) mass is 166 g/mol. The van der Waals surface area contributed by atoms with Crippen LogP contribution in [0, 0.1) is 23.2 Å². The van der Waals surface area contributed by atoms with Crippen molar-refractivity contribution in [1.82, 2.24) is 0 Å². The number of hydrogen-bond donors (Lipinski definition) is 0. The van der Waals surface area contributed by atoms with Gasteiger partial charge in [-0.3, -0.25) is 9.59 Å². The topological polar surface area (TPSA) is 34.1 Å². The van der Waals surface area contributed by atoms with Gasteiger partial charge in [0.2, 0.25) is 0 Å². The predicted octanol–water partition coefficient (Wildman–Crippen LogP) is 1.44. The van der Waals surface area contributed by atoms with Crippen LogP contribution in [0.2, 0.25) is 0 Å². The highest BCUT2D eigenvalue weighted by Crippen LogP contribution is 2.67. The fourth-order valence-corrected chi connectivity index (χ4v) is 2.86. The van der Waals surface area contributed by atoms with Gasteiger partial charge >= 0.3 is 0 Å². The number of ketones is 2. The van der Waals surface area contributed by atoms with E-state index in [2.05, 4.69) is 13.8 Å². The molecule has 66 valence electrons. The number of carbonyl (C=O) groups excluding carboxylic acids is 2. The van der Waals surface area contributed by atoms with Crippen molar-refractivity contribution in [2.45, 2.75) is 27.2 Å². The number of Topliss-reactive ketones (excluding diaryl/α,β-unsaturated/α-hetero) is 2. The molecule has 2 aliphatic carbocycles. The highest BCUT2D eigenvalue weighted by molar-refractivity contribution is 6.04. The molecule has 0 N–H and O–H groups in total. The van der Waals surface area contributed by atoms with Crippen LogP contribution in [0.15, 0.2) is 0 Å². The first kappa shape index (κ1) is 7.96. The standard InChI is InChI=1S/C10H14O2/c1-5(11)8-7(12)4-6-9(8)10(6,2)3/h6,8-9H,4H2,1-3H3/t6-,8-,9-/m0/s1. The van der Waals surface area contributed by atoms with Crippen LogP contribution in [0.4, 0.5) is 0 Å². The summed E-state index contributed by atoms with van der Waals surface area (Å²) >= 11 is 0. The van der Waals surface area contributed by atoms with E-state index in [4.69, 9.17) is 0 Å². The molecule has 0 spiro atoms. The first-order valence-electron chi connectivity index (χ1n) is 4.49. The highest BCUT2D eigenvalue weighted by atomic mass is 16.2. The van der Waals surface area contributed by atoms with Gasteiger partial charge in [0.15, 0.2) is 0 Å². The van der Waals surface area contributed by atoms with Crippen molar-refractivity contribution >= 4 is 11.6 Å². The number of fused-ring (bicyclic) bond motifs is 1. The van der Waals surface area contributed by atoms with Crippen LogP contribution in [0.1, 0.15) is 27.2 Å². The third-order valence-corrected chi connectivity index (χ3v) is 3.70. The minimum absolute atomic E-state index is 0.0677. The van der Waals surface area contributed by atoms with Gasteiger partial charge in [0, 0.05) is 6.42 Å². The molecule has 2 saturated carbocycles. The maximum absolute atomic E-state index is 11.3. The second-order valence-electron chi connectivity index (χ2n) is 4.71. The lowest BCUT2D eigenvalue weighted by Crippen LogP contribution is -2.23. The van der Waals surface area contributed by atoms with Gasteiger partial charge in [-0.1, -0.05) is 13.8 Å². The molecule has 0 radical (unpaired) electrons. The Hall–Kier alpha value is -0.660. The molecule has 3 atom stereocenters. The zero-order valence-electron chi connectivity index (χ0n) is 7.76. The average molecular weight is 166 g/mol. The van der Waals surface area contributed by atoms with Gasteiger partial charge in [-0.25, -0.2) is 0 Å². The number of hydrogen-bond acceptors (Lipinski definition) is 2. The van der Waals surface area contributed by atoms with Gasteiger partial charge in [-0.2, -0.15) is 0 Å². The molecule has 2 aliphatic rings. The third-order valence-electron chi connectivity index (χ3n) is 3.70. The molecule has 0 unspecified atom stereocenters. The smallest absolute Gasteiger partial charge is 0.143 e. The molecule has 12 heavy (non-hydrogen) atoms. The average Bonchev–Trinajstić information content (AvgIpc) is 2.40. The Labute approximate surface area is 72.3 Å². The summed E-state index contributed by atoms with van der Waals surface area (Å²) in [5, 5.41) is 0. The van der Waals surface area contributed by atoms with Crippen molar-refractivity contribution in [3.63, 3.8) is 0 Å². The summed E-state index contributed by atoms with van der Waals surface area (Å²) < 4.78 is 0. The molecule has 0 saturated heterocycles. The van der Waals surface area contributed by atoms with Gasteiger partial charge < -0.3 is 0 Å². The molecule has 0 aromatic carbocycles. The molecular weight excluding hydrogens is 152 g/mol. The van der Waals surface area contributed by atoms with Crippen LogP contribution in [-0.4, -0.2) is 11.6 Å². The summed E-state index contributed by atoms with van der Waals surface area (Å²) in [5.74, 6) is 0.848. The SMILES string of the molecule is CC(=O)[C@H]1C(=O)C[C@H]2[C@@H]1C2(C)C. The van der Waals surface area contributed by atoms with E-state index in [1.165, 1.54) is 0 Å². The molecule has 2 heteroatoms. The largest absolute Gasteiger partial charge is 0.299 e. The molecule has 0 amide bonds. The molecule has 0 bridgehead atoms. The number of carbonyl (C=O) groups is 2. The van der Waals surface area contributed by atoms with Crippen molar-refractivity contribution in [2.75, 3.05) is 0 Å². The van der Waals surface area contributed by atoms with Crippen LogP contribution in [-0.2, 0) is 9.59 Å². The Morgan fingerprint density at radius 1 is 1.50 bits per heavy atom. The Morgan fingerprint density at radius 3 is 2.42 bits per heavy atom. The van der Waals surface area contributed by atoms with Crippen molar-refractivity contribution in [1.29, 1.82) is 0 Å². The van der Waals surface area contributed by atoms with Crippen molar-refractivity contribution in [3.05, 3.63) is 0 Å². The van der Waals surface area contributed by atoms with Crippen LogP contribution >= 0.6 is 0 Å². The van der Waals surface area contributed by atoms with Crippen molar-refractivity contribution in [2.24, 2.45) is 23.2 Å². The summed E-state index contributed by atoms with van der Waals surface area (Å²) in [6.45, 7) is 5.86. The summed E-state index contributed by atoms with van der Waals surface area (Å²) in [6, 6.07) is 0. The predicted molar refractivity (Wildman–Crippen MR) is 44.6 cm³/mol. The van der Waals surface area contributed by atoms with E-state index < -0.39 is 0 Å². The zero-order chi connectivity index (χ0) is 9.09. The lowest BCUT2D eigenvalue weighted by atomic mass is 9.89. The van der Waals surface area contributed by atoms with Crippen LogP contribution in [0.3, 0.4) is 0 Å². The minimum atomic E-state index is -0.259. The van der Waals surface area contributed by atoms with Crippen LogP contribution < -0.4 is 0 Å². The fourth-order valence-electron chi connectivity index (χ4n) is 2.86. The van der Waals surface area contributed by atoms with Crippen molar-refractivity contribution in [3.8, 4) is 0 Å². The first-order valence-corrected chi connectivity index (χ1v) is 4.49. The molecule has 0 heterocycles. The van der Waals surface area contributed by atoms with E-state index in [0.29, 0.717) is 18.3 Å². The van der Waals surface area contributed by atoms with Gasteiger partial charge in [-0.15, -0.1) is 0 Å². The molecule has 2 fully saturated rings. The van der Waals surface area contributed by atoms with E-state index in [-0.39, 0.29) is 22.9 Å². The lowest BCUT2D eigenvalue weighted by Gasteiger charge is -2.12. The van der Waals surface area contributed by atoms with Crippen molar-refractivity contribution < 1.29 is 9.59 Å². The van der Waals surface area contributed by atoms with E-state index in [1.807, 2.05) is 0 Å². The highest BCUT2D eigenvalue weighted by Gasteiger charge is 2.68.